The van der Waals surface area contributed by atoms with Gasteiger partial charge in [0, 0.05) is 17.5 Å². The number of aryl methyl sites for hydroxylation is 2. The Morgan fingerprint density at radius 1 is 0.893 bits per heavy atom. The monoisotopic (exact) mass is 375 g/mol. The van der Waals surface area contributed by atoms with Crippen molar-refractivity contribution >= 4 is 11.6 Å². The van der Waals surface area contributed by atoms with Crippen LogP contribution in [-0.4, -0.2) is 5.91 Å². The van der Waals surface area contributed by atoms with Crippen LogP contribution in [0.3, 0.4) is 0 Å². The minimum absolute atomic E-state index is 0.0435. The van der Waals surface area contributed by atoms with Crippen molar-refractivity contribution in [2.24, 2.45) is 5.92 Å². The molecule has 3 rings (SSSR count). The first-order valence-corrected chi connectivity index (χ1v) is 9.68. The van der Waals surface area contributed by atoms with Gasteiger partial charge in [0.05, 0.1) is 0 Å². The molecule has 0 aliphatic rings. The number of hydrogen-bond acceptors (Lipinski definition) is 1. The summed E-state index contributed by atoms with van der Waals surface area (Å²) in [5.41, 5.74) is 4.39. The molecule has 1 amide bonds. The molecule has 1 N–H and O–H groups in total. The summed E-state index contributed by atoms with van der Waals surface area (Å²) in [5.74, 6) is -0.619. The third-order valence-electron chi connectivity index (χ3n) is 5.24. The van der Waals surface area contributed by atoms with Gasteiger partial charge in [-0.2, -0.15) is 0 Å². The first-order chi connectivity index (χ1) is 13.5. The number of nitrogens with one attached hydrogen (secondary N) is 1. The highest BCUT2D eigenvalue weighted by Crippen LogP contribution is 2.35. The van der Waals surface area contributed by atoms with Gasteiger partial charge >= 0.3 is 0 Å². The number of carbonyl (C=O) groups is 1. The fourth-order valence-electron chi connectivity index (χ4n) is 3.87. The minimum Gasteiger partial charge on any atom is -0.325 e. The Morgan fingerprint density at radius 2 is 1.36 bits per heavy atom. The lowest BCUT2D eigenvalue weighted by Crippen LogP contribution is -2.29. The second-order valence-corrected chi connectivity index (χ2v) is 7.22. The number of anilines is 1. The smallest absolute Gasteiger partial charge is 0.228 e. The van der Waals surface area contributed by atoms with Gasteiger partial charge in [-0.25, -0.2) is 4.39 Å². The minimum atomic E-state index is -0.286. The number of halogens is 1. The van der Waals surface area contributed by atoms with Crippen LogP contribution >= 0.6 is 0 Å². The summed E-state index contributed by atoms with van der Waals surface area (Å²) < 4.78 is 13.6. The molecule has 0 saturated carbocycles. The number of hydrogen-bond donors (Lipinski definition) is 1. The zero-order valence-electron chi connectivity index (χ0n) is 16.6. The lowest BCUT2D eigenvalue weighted by molar-refractivity contribution is -0.120. The van der Waals surface area contributed by atoms with Crippen molar-refractivity contribution in [2.45, 2.75) is 33.1 Å². The van der Waals surface area contributed by atoms with Crippen LogP contribution in [0.5, 0.6) is 0 Å². The van der Waals surface area contributed by atoms with E-state index in [1.165, 1.54) is 12.1 Å². The number of rotatable bonds is 6. The van der Waals surface area contributed by atoms with Gasteiger partial charge in [-0.3, -0.25) is 4.79 Å². The van der Waals surface area contributed by atoms with Gasteiger partial charge in [0.25, 0.3) is 0 Å². The Kier molecular flexibility index (Phi) is 6.25. The van der Waals surface area contributed by atoms with Crippen LogP contribution in [0.25, 0.3) is 0 Å². The first-order valence-electron chi connectivity index (χ1n) is 9.68. The van der Waals surface area contributed by atoms with Crippen molar-refractivity contribution in [3.8, 4) is 0 Å². The van der Waals surface area contributed by atoms with Crippen molar-refractivity contribution in [1.82, 2.24) is 0 Å². The topological polar surface area (TPSA) is 29.1 Å². The molecule has 0 fully saturated rings. The molecular weight excluding hydrogens is 349 g/mol. The molecule has 0 aliphatic carbocycles. The van der Waals surface area contributed by atoms with Gasteiger partial charge in [0.2, 0.25) is 5.91 Å². The summed E-state index contributed by atoms with van der Waals surface area (Å²) in [4.78, 5) is 13.3. The summed E-state index contributed by atoms with van der Waals surface area (Å²) in [6.45, 7) is 5.67. The molecular formula is C25H26FNO. The van der Waals surface area contributed by atoms with Crippen LogP contribution in [0.4, 0.5) is 10.1 Å². The van der Waals surface area contributed by atoms with Crippen LogP contribution in [0.15, 0.2) is 72.8 Å². The van der Waals surface area contributed by atoms with E-state index in [0.717, 1.165) is 22.3 Å². The molecule has 0 spiro atoms. The zero-order valence-corrected chi connectivity index (χ0v) is 16.6. The fourth-order valence-corrected chi connectivity index (χ4v) is 3.87. The lowest BCUT2D eigenvalue weighted by atomic mass is 9.79. The maximum atomic E-state index is 13.6. The van der Waals surface area contributed by atoms with Gasteiger partial charge in [-0.05, 0) is 54.7 Å². The Morgan fingerprint density at radius 3 is 1.79 bits per heavy atom. The number of benzene rings is 3. The normalized spacial score (nSPS) is 12.0. The van der Waals surface area contributed by atoms with E-state index in [4.69, 9.17) is 0 Å². The molecule has 0 aliphatic heterocycles. The van der Waals surface area contributed by atoms with Gasteiger partial charge < -0.3 is 5.32 Å². The quantitative estimate of drug-likeness (QED) is 0.543. The van der Waals surface area contributed by atoms with E-state index < -0.39 is 0 Å². The molecule has 1 unspecified atom stereocenters. The average Bonchev–Trinajstić information content (AvgIpc) is 2.70. The number of carbonyl (C=O) groups excluding carboxylic acids is 1. The highest BCUT2D eigenvalue weighted by Gasteiger charge is 2.30. The summed E-state index contributed by atoms with van der Waals surface area (Å²) in [6.07, 6.45) is 0.694. The van der Waals surface area contributed by atoms with Crippen molar-refractivity contribution in [3.05, 3.63) is 101 Å². The van der Waals surface area contributed by atoms with Gasteiger partial charge in [-0.15, -0.1) is 0 Å². The summed E-state index contributed by atoms with van der Waals surface area (Å²) in [7, 11) is 0. The van der Waals surface area contributed by atoms with E-state index in [2.05, 4.69) is 29.6 Å². The number of amides is 1. The van der Waals surface area contributed by atoms with Crippen molar-refractivity contribution < 1.29 is 9.18 Å². The molecule has 3 heteroatoms. The van der Waals surface area contributed by atoms with Gasteiger partial charge in [0.15, 0.2) is 0 Å². The Labute approximate surface area is 166 Å². The summed E-state index contributed by atoms with van der Waals surface area (Å²) in [6, 6.07) is 23.2. The van der Waals surface area contributed by atoms with E-state index in [9.17, 15) is 9.18 Å². The predicted molar refractivity (Wildman–Crippen MR) is 113 cm³/mol. The molecule has 0 heterocycles. The molecule has 28 heavy (non-hydrogen) atoms. The predicted octanol–water partition coefficient (Wildman–Crippen LogP) is 6.24. The molecule has 1 atom stereocenters. The van der Waals surface area contributed by atoms with E-state index in [-0.39, 0.29) is 23.6 Å². The van der Waals surface area contributed by atoms with Crippen LogP contribution < -0.4 is 5.32 Å². The van der Waals surface area contributed by atoms with E-state index in [0.29, 0.717) is 12.1 Å². The van der Waals surface area contributed by atoms with Gasteiger partial charge in [0.1, 0.15) is 5.82 Å². The highest BCUT2D eigenvalue weighted by molar-refractivity contribution is 5.95. The molecule has 2 nitrogen and oxygen atoms in total. The van der Waals surface area contributed by atoms with Crippen LogP contribution in [0.2, 0.25) is 0 Å². The Balaban J connectivity index is 1.98. The first kappa shape index (κ1) is 19.8. The van der Waals surface area contributed by atoms with Crippen LogP contribution in [-0.2, 0) is 4.79 Å². The lowest BCUT2D eigenvalue weighted by Gasteiger charge is -2.27. The molecule has 0 saturated heterocycles. The SMILES string of the molecule is CCC(C(=O)Nc1c(C)cc(F)cc1C)C(c1ccccc1)c1ccccc1. The second kappa shape index (κ2) is 8.83. The average molecular weight is 375 g/mol. The molecule has 0 radical (unpaired) electrons. The molecule has 0 aromatic heterocycles. The summed E-state index contributed by atoms with van der Waals surface area (Å²) in [5, 5.41) is 3.07. The fraction of sp³-hybridized carbons (Fsp3) is 0.240. The molecule has 0 bridgehead atoms. The van der Waals surface area contributed by atoms with Gasteiger partial charge in [-0.1, -0.05) is 67.6 Å². The Bertz CT molecular complexity index is 875. The standard InChI is InChI=1S/C25H26FNO/c1-4-22(25(28)27-24-17(2)15-21(26)16-18(24)3)23(19-11-7-5-8-12-19)20-13-9-6-10-14-20/h5-16,22-23H,4H2,1-3H3,(H,27,28). The van der Waals surface area contributed by atoms with Crippen LogP contribution in [0.1, 0.15) is 41.5 Å². The summed E-state index contributed by atoms with van der Waals surface area (Å²) >= 11 is 0. The van der Waals surface area contributed by atoms with Crippen LogP contribution in [0, 0.1) is 25.6 Å². The van der Waals surface area contributed by atoms with Crippen molar-refractivity contribution in [2.75, 3.05) is 5.32 Å². The third kappa shape index (κ3) is 4.30. The highest BCUT2D eigenvalue weighted by atomic mass is 19.1. The Hall–Kier alpha value is -2.94. The van der Waals surface area contributed by atoms with E-state index in [1.54, 1.807) is 0 Å². The molecule has 3 aromatic rings. The van der Waals surface area contributed by atoms with E-state index in [1.807, 2.05) is 57.2 Å². The van der Waals surface area contributed by atoms with Crippen molar-refractivity contribution in [1.29, 1.82) is 0 Å². The van der Waals surface area contributed by atoms with E-state index >= 15 is 0 Å². The molecule has 144 valence electrons. The largest absolute Gasteiger partial charge is 0.325 e. The second-order valence-electron chi connectivity index (χ2n) is 7.22. The zero-order chi connectivity index (χ0) is 20.1. The molecule has 3 aromatic carbocycles. The van der Waals surface area contributed by atoms with Crippen molar-refractivity contribution in [3.63, 3.8) is 0 Å². The third-order valence-corrected chi connectivity index (χ3v) is 5.24. The maximum absolute atomic E-state index is 13.6. The maximum Gasteiger partial charge on any atom is 0.228 e.